The van der Waals surface area contributed by atoms with Crippen molar-refractivity contribution in [3.05, 3.63) is 54.4 Å². The lowest BCUT2D eigenvalue weighted by Gasteiger charge is -2.47. The summed E-state index contributed by atoms with van der Waals surface area (Å²) in [7, 11) is 1.50. The fourth-order valence-corrected chi connectivity index (χ4v) is 3.96. The number of aromatic nitrogens is 2. The predicted octanol–water partition coefficient (Wildman–Crippen LogP) is 1.75. The summed E-state index contributed by atoms with van der Waals surface area (Å²) < 4.78 is 5.78. The van der Waals surface area contributed by atoms with Crippen molar-refractivity contribution in [2.75, 3.05) is 38.1 Å². The van der Waals surface area contributed by atoms with Crippen LogP contribution in [0, 0.1) is 16.7 Å². The number of nitrogens with zero attached hydrogens (tertiary/aromatic N) is 5. The average Bonchev–Trinajstić information content (AvgIpc) is 3.24. The third-order valence-corrected chi connectivity index (χ3v) is 5.39. The molecule has 2 aliphatic heterocycles. The molecule has 0 unspecified atom stereocenters. The van der Waals surface area contributed by atoms with Crippen LogP contribution in [0.15, 0.2) is 43.2 Å². The van der Waals surface area contributed by atoms with E-state index in [9.17, 15) is 14.9 Å². The van der Waals surface area contributed by atoms with Gasteiger partial charge in [-0.05, 0) is 31.7 Å². The third-order valence-electron chi connectivity index (χ3n) is 5.39. The first-order valence-corrected chi connectivity index (χ1v) is 9.80. The SMILES string of the molecule is C=CC(=O)N1CC2(CCN(c3ncnc(Oc4cccc(C=O)c4)c3C#N)C2)C1.CN. The molecule has 1 aromatic carbocycles. The van der Waals surface area contributed by atoms with Crippen molar-refractivity contribution in [2.45, 2.75) is 6.42 Å². The molecular formula is C22H24N6O3. The molecule has 0 radical (unpaired) electrons. The minimum absolute atomic E-state index is 0.0235. The molecule has 1 spiro atoms. The second kappa shape index (κ2) is 9.36. The maximum Gasteiger partial charge on any atom is 0.245 e. The molecule has 2 aromatic rings. The van der Waals surface area contributed by atoms with Crippen molar-refractivity contribution in [3.63, 3.8) is 0 Å². The smallest absolute Gasteiger partial charge is 0.245 e. The zero-order valence-corrected chi connectivity index (χ0v) is 17.3. The molecule has 0 aliphatic carbocycles. The molecule has 2 aliphatic rings. The number of nitrogens with two attached hydrogens (primary N) is 1. The number of amides is 1. The lowest BCUT2D eigenvalue weighted by atomic mass is 9.79. The number of carbonyl (C=O) groups is 2. The Bertz CT molecular complexity index is 1030. The van der Waals surface area contributed by atoms with Crippen LogP contribution in [-0.2, 0) is 4.79 Å². The first-order valence-electron chi connectivity index (χ1n) is 9.80. The van der Waals surface area contributed by atoms with Crippen LogP contribution in [0.4, 0.5) is 5.82 Å². The van der Waals surface area contributed by atoms with Crippen LogP contribution < -0.4 is 15.4 Å². The molecule has 0 bridgehead atoms. The molecule has 1 aromatic heterocycles. The Morgan fingerprint density at radius 1 is 1.32 bits per heavy atom. The summed E-state index contributed by atoms with van der Waals surface area (Å²) >= 11 is 0. The highest BCUT2D eigenvalue weighted by molar-refractivity contribution is 5.87. The van der Waals surface area contributed by atoms with Crippen molar-refractivity contribution in [3.8, 4) is 17.7 Å². The number of benzene rings is 1. The molecule has 2 N–H and O–H groups in total. The van der Waals surface area contributed by atoms with E-state index in [2.05, 4.69) is 28.3 Å². The van der Waals surface area contributed by atoms with E-state index in [1.54, 1.807) is 29.2 Å². The van der Waals surface area contributed by atoms with E-state index in [-0.39, 0.29) is 22.8 Å². The minimum atomic E-state index is -0.0536. The first-order chi connectivity index (χ1) is 15.1. The number of rotatable bonds is 5. The van der Waals surface area contributed by atoms with E-state index < -0.39 is 0 Å². The van der Waals surface area contributed by atoms with Gasteiger partial charge in [-0.1, -0.05) is 18.7 Å². The van der Waals surface area contributed by atoms with Crippen LogP contribution in [0.1, 0.15) is 22.3 Å². The van der Waals surface area contributed by atoms with Crippen LogP contribution >= 0.6 is 0 Å². The van der Waals surface area contributed by atoms with Gasteiger partial charge in [0.2, 0.25) is 11.8 Å². The molecular weight excluding hydrogens is 396 g/mol. The topological polar surface area (TPSA) is 125 Å². The van der Waals surface area contributed by atoms with Gasteiger partial charge in [-0.25, -0.2) is 9.97 Å². The van der Waals surface area contributed by atoms with Gasteiger partial charge in [-0.3, -0.25) is 9.59 Å². The van der Waals surface area contributed by atoms with Crippen molar-refractivity contribution in [2.24, 2.45) is 11.1 Å². The van der Waals surface area contributed by atoms with Crippen molar-refractivity contribution in [1.82, 2.24) is 14.9 Å². The molecule has 2 saturated heterocycles. The molecule has 1 amide bonds. The summed E-state index contributed by atoms with van der Waals surface area (Å²) in [6.45, 7) is 6.34. The molecule has 9 nitrogen and oxygen atoms in total. The summed E-state index contributed by atoms with van der Waals surface area (Å²) in [5.74, 6) is 1.04. The second-order valence-electron chi connectivity index (χ2n) is 7.35. The fraction of sp³-hybridized carbons (Fsp3) is 0.318. The summed E-state index contributed by atoms with van der Waals surface area (Å²) in [6.07, 6.45) is 4.35. The van der Waals surface area contributed by atoms with Gasteiger partial charge >= 0.3 is 0 Å². The maximum atomic E-state index is 11.7. The van der Waals surface area contributed by atoms with E-state index in [1.807, 2.05) is 4.90 Å². The van der Waals surface area contributed by atoms with E-state index >= 15 is 0 Å². The zero-order chi connectivity index (χ0) is 22.4. The van der Waals surface area contributed by atoms with Gasteiger partial charge in [-0.2, -0.15) is 5.26 Å². The zero-order valence-electron chi connectivity index (χ0n) is 17.3. The molecule has 2 fully saturated rings. The maximum absolute atomic E-state index is 11.7. The molecule has 3 heterocycles. The van der Waals surface area contributed by atoms with Gasteiger partial charge in [-0.15, -0.1) is 0 Å². The summed E-state index contributed by atoms with van der Waals surface area (Å²) in [5, 5.41) is 9.73. The van der Waals surface area contributed by atoms with Crippen LogP contribution in [0.5, 0.6) is 11.6 Å². The van der Waals surface area contributed by atoms with E-state index in [1.165, 1.54) is 19.5 Å². The summed E-state index contributed by atoms with van der Waals surface area (Å²) in [4.78, 5) is 35.0. The quantitative estimate of drug-likeness (QED) is 0.573. The standard InChI is InChI=1S/C21H19N5O3.CH5N/c1-2-18(28)26-12-21(13-26)6-7-25(11-21)19-17(9-22)20(24-14-23-19)29-16-5-3-4-15(8-16)10-27;1-2/h2-5,8,10,14H,1,6-7,11-13H2;2H2,1H3. The van der Waals surface area contributed by atoms with Crippen molar-refractivity contribution >= 4 is 18.0 Å². The number of likely N-dealkylation sites (tertiary alicyclic amines) is 1. The number of ether oxygens (including phenoxy) is 1. The van der Waals surface area contributed by atoms with Crippen molar-refractivity contribution in [1.29, 1.82) is 5.26 Å². The lowest BCUT2D eigenvalue weighted by molar-refractivity contribution is -0.136. The summed E-state index contributed by atoms with van der Waals surface area (Å²) in [6, 6.07) is 8.79. The summed E-state index contributed by atoms with van der Waals surface area (Å²) in [5.41, 5.74) is 5.25. The Balaban J connectivity index is 0.00000132. The third kappa shape index (κ3) is 4.39. The monoisotopic (exact) mass is 420 g/mol. The van der Waals surface area contributed by atoms with Crippen LogP contribution in [0.25, 0.3) is 0 Å². The lowest BCUT2D eigenvalue weighted by Crippen LogP contribution is -2.59. The Hall–Kier alpha value is -3.77. The van der Waals surface area contributed by atoms with Gasteiger partial charge in [0.25, 0.3) is 0 Å². The molecule has 9 heteroatoms. The second-order valence-corrected chi connectivity index (χ2v) is 7.35. The first kappa shape index (κ1) is 21.9. The Morgan fingerprint density at radius 2 is 2.10 bits per heavy atom. The number of nitriles is 1. The molecule has 4 rings (SSSR count). The highest BCUT2D eigenvalue weighted by Gasteiger charge is 2.49. The predicted molar refractivity (Wildman–Crippen MR) is 115 cm³/mol. The van der Waals surface area contributed by atoms with Crippen LogP contribution in [0.3, 0.4) is 0 Å². The van der Waals surface area contributed by atoms with Crippen LogP contribution in [0.2, 0.25) is 0 Å². The van der Waals surface area contributed by atoms with Crippen molar-refractivity contribution < 1.29 is 14.3 Å². The number of anilines is 1. The Labute approximate surface area is 180 Å². The van der Waals surface area contributed by atoms with Gasteiger partial charge in [0.15, 0.2) is 11.4 Å². The highest BCUT2D eigenvalue weighted by atomic mass is 16.5. The highest BCUT2D eigenvalue weighted by Crippen LogP contribution is 2.42. The van der Waals surface area contributed by atoms with Gasteiger partial charge in [0.1, 0.15) is 24.4 Å². The fourth-order valence-electron chi connectivity index (χ4n) is 3.96. The number of aldehydes is 1. The van der Waals surface area contributed by atoms with Crippen LogP contribution in [-0.4, -0.2) is 60.3 Å². The van der Waals surface area contributed by atoms with Gasteiger partial charge in [0.05, 0.1) is 0 Å². The molecule has 160 valence electrons. The number of carbonyl (C=O) groups excluding carboxylic acids is 2. The normalized spacial score (nSPS) is 15.9. The Kier molecular flexibility index (Phi) is 6.62. The van der Waals surface area contributed by atoms with Gasteiger partial charge < -0.3 is 20.3 Å². The van der Waals surface area contributed by atoms with E-state index in [4.69, 9.17) is 4.74 Å². The Morgan fingerprint density at radius 3 is 2.77 bits per heavy atom. The molecule has 0 saturated carbocycles. The van der Waals surface area contributed by atoms with E-state index in [0.717, 1.165) is 19.3 Å². The largest absolute Gasteiger partial charge is 0.437 e. The number of hydrogen-bond donors (Lipinski definition) is 1. The molecule has 0 atom stereocenters. The average molecular weight is 420 g/mol. The van der Waals surface area contributed by atoms with E-state index in [0.29, 0.717) is 36.8 Å². The minimum Gasteiger partial charge on any atom is -0.437 e. The van der Waals surface area contributed by atoms with Gasteiger partial charge in [0, 0.05) is 37.2 Å². The molecule has 31 heavy (non-hydrogen) atoms. The number of hydrogen-bond acceptors (Lipinski definition) is 8.